The summed E-state index contributed by atoms with van der Waals surface area (Å²) in [5.74, 6) is -0.466. The second kappa shape index (κ2) is 11.4. The smallest absolute Gasteiger partial charge is 0.225 e. The van der Waals surface area contributed by atoms with Crippen LogP contribution in [0.4, 0.5) is 0 Å². The molecule has 8 bridgehead atoms. The number of carbonyl (C=O) groups is 1. The lowest BCUT2D eigenvalue weighted by atomic mass is 9.79. The van der Waals surface area contributed by atoms with Crippen LogP contribution < -0.4 is 0 Å². The summed E-state index contributed by atoms with van der Waals surface area (Å²) in [5, 5.41) is 9.47. The van der Waals surface area contributed by atoms with Gasteiger partial charge < -0.3 is 20.0 Å². The molecule has 3 aromatic rings. The van der Waals surface area contributed by atoms with Gasteiger partial charge in [0.2, 0.25) is 5.91 Å². The van der Waals surface area contributed by atoms with Gasteiger partial charge in [-0.25, -0.2) is 4.98 Å². The zero-order chi connectivity index (χ0) is 30.5. The number of amides is 1. The first-order valence-corrected chi connectivity index (χ1v) is 14.9. The average molecular weight is 566 g/mol. The van der Waals surface area contributed by atoms with Crippen LogP contribution in [0.5, 0.6) is 0 Å². The van der Waals surface area contributed by atoms with Gasteiger partial charge in [-0.15, -0.1) is 0 Å². The summed E-state index contributed by atoms with van der Waals surface area (Å²) in [4.78, 5) is 32.7. The third kappa shape index (κ3) is 4.90. The van der Waals surface area contributed by atoms with Gasteiger partial charge in [0.15, 0.2) is 0 Å². The highest BCUT2D eigenvalue weighted by Gasteiger charge is 2.38. The van der Waals surface area contributed by atoms with Gasteiger partial charge in [-0.1, -0.05) is 33.4 Å². The van der Waals surface area contributed by atoms with Crippen LogP contribution in [-0.4, -0.2) is 56.0 Å². The van der Waals surface area contributed by atoms with Crippen LogP contribution >= 0.6 is 0 Å². The Kier molecular flexibility index (Phi) is 7.99. The summed E-state index contributed by atoms with van der Waals surface area (Å²) >= 11 is 0. The first-order chi connectivity index (χ1) is 20.0. The Bertz CT molecular complexity index is 1770. The van der Waals surface area contributed by atoms with E-state index >= 15 is 0 Å². The number of hydrogen-bond acceptors (Lipinski definition) is 4. The highest BCUT2D eigenvalue weighted by Crippen LogP contribution is 2.44. The summed E-state index contributed by atoms with van der Waals surface area (Å²) in [5.41, 5.74) is 14.5. The van der Waals surface area contributed by atoms with Crippen LogP contribution in [0, 0.1) is 26.7 Å². The summed E-state index contributed by atoms with van der Waals surface area (Å²) in [6.45, 7) is 19.1. The van der Waals surface area contributed by atoms with E-state index in [1.165, 1.54) is 11.1 Å². The number of carbonyl (C=O) groups excluding carboxylic acids is 1. The second-order valence-electron chi connectivity index (χ2n) is 11.9. The lowest BCUT2D eigenvalue weighted by Gasteiger charge is -2.27. The van der Waals surface area contributed by atoms with Gasteiger partial charge in [0.25, 0.3) is 0 Å². The van der Waals surface area contributed by atoms with Crippen molar-refractivity contribution in [3.63, 3.8) is 0 Å². The summed E-state index contributed by atoms with van der Waals surface area (Å²) in [6.07, 6.45) is 4.94. The fourth-order valence-corrected chi connectivity index (χ4v) is 6.67. The SMILES string of the molecule is C=Cc1c(C)c2cc3nc(c(C)c4nc(cc5[nH]c(cc1[nH]2)c(C)c5CC)C(C)=C4)[C@H](C(C)C(=O)N(C)CCO)[C@@H]3C. The molecule has 5 heterocycles. The Morgan fingerprint density at radius 1 is 1.05 bits per heavy atom. The Morgan fingerprint density at radius 3 is 2.40 bits per heavy atom. The summed E-state index contributed by atoms with van der Waals surface area (Å²) in [6, 6.07) is 6.45. The molecule has 0 spiro atoms. The van der Waals surface area contributed by atoms with Gasteiger partial charge in [-0.05, 0) is 86.2 Å². The molecule has 3 aromatic heterocycles. The van der Waals surface area contributed by atoms with Crippen molar-refractivity contribution in [1.29, 1.82) is 0 Å². The molecule has 0 fully saturated rings. The Morgan fingerprint density at radius 2 is 1.74 bits per heavy atom. The van der Waals surface area contributed by atoms with Gasteiger partial charge >= 0.3 is 0 Å². The third-order valence-electron chi connectivity index (χ3n) is 9.32. The zero-order valence-electron chi connectivity index (χ0n) is 26.1. The van der Waals surface area contributed by atoms with E-state index in [-0.39, 0.29) is 30.3 Å². The van der Waals surface area contributed by atoms with Crippen LogP contribution in [0.3, 0.4) is 0 Å². The predicted molar refractivity (Wildman–Crippen MR) is 173 cm³/mol. The third-order valence-corrected chi connectivity index (χ3v) is 9.32. The van der Waals surface area contributed by atoms with Crippen LogP contribution in [0.25, 0.3) is 39.8 Å². The number of aromatic nitrogens is 4. The number of fused-ring (bicyclic) bond motifs is 8. The van der Waals surface area contributed by atoms with E-state index in [0.29, 0.717) is 6.54 Å². The molecule has 220 valence electrons. The zero-order valence-corrected chi connectivity index (χ0v) is 26.1. The lowest BCUT2D eigenvalue weighted by Crippen LogP contribution is -2.36. The molecular formula is C35H43N5O2. The van der Waals surface area contributed by atoms with E-state index in [4.69, 9.17) is 9.97 Å². The highest BCUT2D eigenvalue weighted by atomic mass is 16.3. The molecule has 42 heavy (non-hydrogen) atoms. The number of nitrogens with zero attached hydrogens (tertiary/aromatic N) is 3. The number of rotatable bonds is 6. The Labute approximate surface area is 248 Å². The first-order valence-electron chi connectivity index (χ1n) is 14.9. The number of aliphatic hydroxyl groups excluding tert-OH is 1. The monoisotopic (exact) mass is 565 g/mol. The number of likely N-dealkylation sites (N-methyl/N-ethyl adjacent to an activating group) is 1. The van der Waals surface area contributed by atoms with E-state index in [0.717, 1.165) is 73.5 Å². The average Bonchev–Trinajstić information content (AvgIpc) is 3.66. The number of hydrogen-bond donors (Lipinski definition) is 3. The van der Waals surface area contributed by atoms with Crippen molar-refractivity contribution < 1.29 is 9.90 Å². The molecular weight excluding hydrogens is 522 g/mol. The molecule has 7 nitrogen and oxygen atoms in total. The normalized spacial score (nSPS) is 17.2. The largest absolute Gasteiger partial charge is 0.395 e. The predicted octanol–water partition coefficient (Wildman–Crippen LogP) is 6.98. The minimum Gasteiger partial charge on any atom is -0.395 e. The number of allylic oxidation sites excluding steroid dienone is 1. The molecule has 1 unspecified atom stereocenters. The van der Waals surface area contributed by atoms with E-state index in [1.54, 1.807) is 11.9 Å². The quantitative estimate of drug-likeness (QED) is 0.300. The molecule has 2 aliphatic rings. The molecule has 0 radical (unpaired) electrons. The van der Waals surface area contributed by atoms with Crippen molar-refractivity contribution in [3.8, 4) is 0 Å². The fraction of sp³-hybridized carbons (Fsp3) is 0.400. The standard InChI is InChI=1S/C35H43N5O2/c1-10-24-20(5)29-17-32-25(11-2)19(4)28(37-32)16-30-21(6)33(23(8)35(42)40(9)12-13-41)34(39-30)22(7)27-14-18(3)26(36-27)15-31(24)38-29/h11,14-17,21,23,33,37-38,41H,2,10,12-13H2,1,3-9H3/t21-,23?,33+/m1/s1. The maximum atomic E-state index is 13.5. The topological polar surface area (TPSA) is 97.9 Å². The van der Waals surface area contributed by atoms with Gasteiger partial charge in [0.1, 0.15) is 0 Å². The minimum absolute atomic E-state index is 0.000806. The maximum absolute atomic E-state index is 13.5. The number of nitrogens with one attached hydrogen (secondary N) is 2. The molecule has 2 aliphatic heterocycles. The second-order valence-corrected chi connectivity index (χ2v) is 11.9. The van der Waals surface area contributed by atoms with Crippen molar-refractivity contribution >= 4 is 45.7 Å². The van der Waals surface area contributed by atoms with Gasteiger partial charge in [0, 0.05) is 64.7 Å². The van der Waals surface area contributed by atoms with Crippen molar-refractivity contribution in [1.82, 2.24) is 24.8 Å². The summed E-state index contributed by atoms with van der Waals surface area (Å²) in [7, 11) is 1.75. The minimum atomic E-state index is -0.329. The molecule has 3 N–H and O–H groups in total. The Balaban J connectivity index is 1.88. The molecule has 3 atom stereocenters. The molecule has 0 saturated carbocycles. The molecule has 0 saturated heterocycles. The number of H-pyrrole nitrogens is 2. The maximum Gasteiger partial charge on any atom is 0.225 e. The van der Waals surface area contributed by atoms with Gasteiger partial charge in [-0.2, -0.15) is 0 Å². The molecule has 5 rings (SSSR count). The van der Waals surface area contributed by atoms with Gasteiger partial charge in [0.05, 0.1) is 23.7 Å². The van der Waals surface area contributed by atoms with Gasteiger partial charge in [-0.3, -0.25) is 9.78 Å². The highest BCUT2D eigenvalue weighted by molar-refractivity contribution is 5.87. The number of aromatic amines is 2. The van der Waals surface area contributed by atoms with Crippen LogP contribution in [0.2, 0.25) is 0 Å². The summed E-state index contributed by atoms with van der Waals surface area (Å²) < 4.78 is 0. The van der Waals surface area contributed by atoms with E-state index in [1.807, 2.05) is 13.0 Å². The first kappa shape index (κ1) is 29.5. The molecule has 7 heteroatoms. The molecule has 0 aromatic carbocycles. The van der Waals surface area contributed by atoms with Crippen molar-refractivity contribution in [2.75, 3.05) is 20.2 Å². The van der Waals surface area contributed by atoms with Crippen molar-refractivity contribution in [2.24, 2.45) is 5.92 Å². The molecule has 0 aliphatic carbocycles. The van der Waals surface area contributed by atoms with Crippen LogP contribution in [0.15, 0.2) is 24.8 Å². The fourth-order valence-electron chi connectivity index (χ4n) is 6.67. The lowest BCUT2D eigenvalue weighted by molar-refractivity contribution is -0.135. The molecule has 1 amide bonds. The van der Waals surface area contributed by atoms with E-state index in [9.17, 15) is 9.90 Å². The van der Waals surface area contributed by atoms with E-state index < -0.39 is 0 Å². The van der Waals surface area contributed by atoms with Crippen molar-refractivity contribution in [3.05, 3.63) is 75.4 Å². The number of aliphatic hydroxyl groups is 1. The van der Waals surface area contributed by atoms with Crippen LogP contribution in [0.1, 0.15) is 90.1 Å². The van der Waals surface area contributed by atoms with Crippen LogP contribution in [-0.2, 0) is 11.2 Å². The van der Waals surface area contributed by atoms with Crippen molar-refractivity contribution in [2.45, 2.75) is 66.7 Å². The number of aryl methyl sites for hydroxylation is 3. The Hall–Kier alpha value is -3.97. The van der Waals surface area contributed by atoms with E-state index in [2.05, 4.69) is 82.4 Å².